The molecule has 4 heteroatoms. The van der Waals surface area contributed by atoms with Gasteiger partial charge in [0.05, 0.1) is 5.69 Å². The average molecular weight is 218 g/mol. The average Bonchev–Trinajstić information content (AvgIpc) is 2.64. The minimum absolute atomic E-state index is 0.0389. The van der Waals surface area contributed by atoms with Crippen molar-refractivity contribution < 1.29 is 9.59 Å². The predicted octanol–water partition coefficient (Wildman–Crippen LogP) is 1.06. The second-order valence-corrected chi connectivity index (χ2v) is 3.99. The molecule has 84 valence electrons. The fourth-order valence-electron chi connectivity index (χ4n) is 1.79. The molecule has 16 heavy (non-hydrogen) atoms. The van der Waals surface area contributed by atoms with E-state index in [0.717, 1.165) is 11.3 Å². The van der Waals surface area contributed by atoms with Crippen LogP contribution < -0.4 is 10.4 Å². The fourth-order valence-corrected chi connectivity index (χ4v) is 1.79. The van der Waals surface area contributed by atoms with Crippen molar-refractivity contribution in [3.63, 3.8) is 0 Å². The summed E-state index contributed by atoms with van der Waals surface area (Å²) in [4.78, 5) is 22.1. The molecule has 0 saturated carbocycles. The Morgan fingerprint density at radius 2 is 2.31 bits per heavy atom. The van der Waals surface area contributed by atoms with Gasteiger partial charge in [-0.05, 0) is 24.6 Å². The number of nitrogens with one attached hydrogen (secondary N) is 1. The van der Waals surface area contributed by atoms with Gasteiger partial charge in [-0.1, -0.05) is 12.1 Å². The van der Waals surface area contributed by atoms with Crippen molar-refractivity contribution in [1.82, 2.24) is 5.43 Å². The molecule has 4 nitrogen and oxygen atoms in total. The van der Waals surface area contributed by atoms with Crippen LogP contribution in [-0.2, 0) is 16.0 Å². The fraction of sp³-hybridized carbons (Fsp3) is 0.333. The van der Waals surface area contributed by atoms with Gasteiger partial charge in [-0.2, -0.15) is 0 Å². The van der Waals surface area contributed by atoms with Gasteiger partial charge in [0.25, 0.3) is 0 Å². The van der Waals surface area contributed by atoms with Gasteiger partial charge in [0.15, 0.2) is 0 Å². The lowest BCUT2D eigenvalue weighted by Gasteiger charge is -2.17. The molecule has 1 N–H and O–H groups in total. The van der Waals surface area contributed by atoms with Crippen LogP contribution in [0.2, 0.25) is 0 Å². The lowest BCUT2D eigenvalue weighted by atomic mass is 10.1. The third-order valence-electron chi connectivity index (χ3n) is 2.50. The molecule has 0 aromatic heterocycles. The zero-order chi connectivity index (χ0) is 11.5. The molecule has 0 bridgehead atoms. The predicted molar refractivity (Wildman–Crippen MR) is 60.9 cm³/mol. The highest BCUT2D eigenvalue weighted by molar-refractivity contribution is 5.82. The lowest BCUT2D eigenvalue weighted by molar-refractivity contribution is -0.119. The SMILES string of the molecule is CC(=O)Cc1cccc(N2CCC(=O)N2)c1. The molecular formula is C12H14N2O2. The number of carbonyl (C=O) groups is 2. The minimum Gasteiger partial charge on any atom is -0.300 e. The Balaban J connectivity index is 2.15. The van der Waals surface area contributed by atoms with E-state index in [4.69, 9.17) is 0 Å². The van der Waals surface area contributed by atoms with E-state index in [-0.39, 0.29) is 11.7 Å². The summed E-state index contributed by atoms with van der Waals surface area (Å²) in [5, 5.41) is 1.81. The number of Topliss-reactive ketones (excluding diaryl/α,β-unsaturated/α-hetero) is 1. The first-order valence-electron chi connectivity index (χ1n) is 5.30. The highest BCUT2D eigenvalue weighted by atomic mass is 16.2. The minimum atomic E-state index is 0.0389. The number of amides is 1. The summed E-state index contributed by atoms with van der Waals surface area (Å²) in [5.74, 6) is 0.180. The second-order valence-electron chi connectivity index (χ2n) is 3.99. The van der Waals surface area contributed by atoms with Gasteiger partial charge in [0.1, 0.15) is 5.78 Å². The third kappa shape index (κ3) is 2.39. The highest BCUT2D eigenvalue weighted by Gasteiger charge is 2.18. The van der Waals surface area contributed by atoms with Gasteiger partial charge in [-0.25, -0.2) is 0 Å². The molecule has 1 amide bonds. The summed E-state index contributed by atoms with van der Waals surface area (Å²) in [7, 11) is 0. The van der Waals surface area contributed by atoms with Gasteiger partial charge in [-0.15, -0.1) is 0 Å². The molecule has 1 aromatic rings. The van der Waals surface area contributed by atoms with Crippen molar-refractivity contribution in [2.75, 3.05) is 11.6 Å². The zero-order valence-corrected chi connectivity index (χ0v) is 9.19. The quantitative estimate of drug-likeness (QED) is 0.825. The van der Waals surface area contributed by atoms with Crippen molar-refractivity contribution in [2.45, 2.75) is 19.8 Å². The Hall–Kier alpha value is -1.84. The maximum Gasteiger partial charge on any atom is 0.240 e. The summed E-state index contributed by atoms with van der Waals surface area (Å²) in [6.45, 7) is 2.26. The van der Waals surface area contributed by atoms with E-state index >= 15 is 0 Å². The van der Waals surface area contributed by atoms with Crippen LogP contribution >= 0.6 is 0 Å². The van der Waals surface area contributed by atoms with Crippen LogP contribution in [-0.4, -0.2) is 18.2 Å². The molecule has 2 rings (SSSR count). The molecule has 0 aliphatic carbocycles. The number of rotatable bonds is 3. The number of carbonyl (C=O) groups excluding carboxylic acids is 2. The largest absolute Gasteiger partial charge is 0.300 e. The Kier molecular flexibility index (Phi) is 2.90. The Labute approximate surface area is 94.2 Å². The van der Waals surface area contributed by atoms with Crippen LogP contribution in [0.5, 0.6) is 0 Å². The molecule has 0 atom stereocenters. The zero-order valence-electron chi connectivity index (χ0n) is 9.19. The van der Waals surface area contributed by atoms with E-state index in [1.807, 2.05) is 29.3 Å². The van der Waals surface area contributed by atoms with Crippen LogP contribution in [0.4, 0.5) is 5.69 Å². The topological polar surface area (TPSA) is 49.4 Å². The van der Waals surface area contributed by atoms with Crippen LogP contribution in [0.1, 0.15) is 18.9 Å². The number of anilines is 1. The smallest absolute Gasteiger partial charge is 0.240 e. The molecule has 1 heterocycles. The number of hydrogen-bond acceptors (Lipinski definition) is 3. The van der Waals surface area contributed by atoms with Crippen molar-refractivity contribution >= 4 is 17.4 Å². The molecule has 0 unspecified atom stereocenters. The van der Waals surface area contributed by atoms with Crippen LogP contribution in [0, 0.1) is 0 Å². The van der Waals surface area contributed by atoms with Crippen molar-refractivity contribution in [3.8, 4) is 0 Å². The van der Waals surface area contributed by atoms with E-state index in [2.05, 4.69) is 5.43 Å². The third-order valence-corrected chi connectivity index (χ3v) is 2.50. The molecular weight excluding hydrogens is 204 g/mol. The van der Waals surface area contributed by atoms with Crippen molar-refractivity contribution in [2.24, 2.45) is 0 Å². The molecule has 1 aromatic carbocycles. The Bertz CT molecular complexity index is 429. The monoisotopic (exact) mass is 218 g/mol. The summed E-state index contributed by atoms with van der Waals surface area (Å²) < 4.78 is 0. The van der Waals surface area contributed by atoms with Gasteiger partial charge < -0.3 is 0 Å². The Morgan fingerprint density at radius 1 is 1.50 bits per heavy atom. The number of nitrogens with zero attached hydrogens (tertiary/aromatic N) is 1. The molecule has 1 aliphatic rings. The lowest BCUT2D eigenvalue weighted by Crippen LogP contribution is -2.32. The van der Waals surface area contributed by atoms with Gasteiger partial charge in [0.2, 0.25) is 5.91 Å². The molecule has 1 saturated heterocycles. The summed E-state index contributed by atoms with van der Waals surface area (Å²) >= 11 is 0. The van der Waals surface area contributed by atoms with Crippen LogP contribution in [0.3, 0.4) is 0 Å². The molecule has 0 spiro atoms. The van der Waals surface area contributed by atoms with E-state index in [0.29, 0.717) is 19.4 Å². The first-order valence-corrected chi connectivity index (χ1v) is 5.30. The second kappa shape index (κ2) is 4.35. The summed E-state index contributed by atoms with van der Waals surface area (Å²) in [6, 6.07) is 7.68. The number of benzene rings is 1. The molecule has 0 radical (unpaired) electrons. The molecule has 1 fully saturated rings. The van der Waals surface area contributed by atoms with Crippen molar-refractivity contribution in [3.05, 3.63) is 29.8 Å². The van der Waals surface area contributed by atoms with Gasteiger partial charge in [-0.3, -0.25) is 20.0 Å². The Morgan fingerprint density at radius 3 is 2.94 bits per heavy atom. The van der Waals surface area contributed by atoms with E-state index in [1.54, 1.807) is 6.92 Å². The maximum atomic E-state index is 11.1. The van der Waals surface area contributed by atoms with Gasteiger partial charge >= 0.3 is 0 Å². The van der Waals surface area contributed by atoms with Gasteiger partial charge in [0, 0.05) is 19.4 Å². The number of ketones is 1. The first-order chi connectivity index (χ1) is 7.65. The summed E-state index contributed by atoms with van der Waals surface area (Å²) in [6.07, 6.45) is 0.965. The van der Waals surface area contributed by atoms with E-state index in [1.165, 1.54) is 0 Å². The first kappa shape index (κ1) is 10.7. The van der Waals surface area contributed by atoms with E-state index < -0.39 is 0 Å². The van der Waals surface area contributed by atoms with E-state index in [9.17, 15) is 9.59 Å². The number of hydrazine groups is 1. The number of hydrogen-bond donors (Lipinski definition) is 1. The highest BCUT2D eigenvalue weighted by Crippen LogP contribution is 2.17. The summed E-state index contributed by atoms with van der Waals surface area (Å²) in [5.41, 5.74) is 4.67. The normalized spacial score (nSPS) is 15.1. The van der Waals surface area contributed by atoms with Crippen molar-refractivity contribution in [1.29, 1.82) is 0 Å². The maximum absolute atomic E-state index is 11.1. The van der Waals surface area contributed by atoms with Crippen LogP contribution in [0.15, 0.2) is 24.3 Å². The van der Waals surface area contributed by atoms with Crippen LogP contribution in [0.25, 0.3) is 0 Å². The standard InChI is InChI=1S/C12H14N2O2/c1-9(15)7-10-3-2-4-11(8-10)14-6-5-12(16)13-14/h2-4,8H,5-7H2,1H3,(H,13,16). The molecule has 1 aliphatic heterocycles.